The Bertz CT molecular complexity index is 329. The number of rotatable bonds is 3. The summed E-state index contributed by atoms with van der Waals surface area (Å²) in [6.07, 6.45) is 4.30. The average molecular weight is 255 g/mol. The summed E-state index contributed by atoms with van der Waals surface area (Å²) >= 11 is 0. The molecule has 6 heteroatoms. The number of aliphatic carboxylic acids is 1. The predicted octanol–water partition coefficient (Wildman–Crippen LogP) is 0.372. The van der Waals surface area contributed by atoms with Crippen LogP contribution in [-0.2, 0) is 4.79 Å². The van der Waals surface area contributed by atoms with E-state index in [1.165, 1.54) is 0 Å². The predicted molar refractivity (Wildman–Crippen MR) is 66.1 cm³/mol. The average Bonchev–Trinajstić information content (AvgIpc) is 2.25. The van der Waals surface area contributed by atoms with Crippen molar-refractivity contribution in [2.75, 3.05) is 13.1 Å². The van der Waals surface area contributed by atoms with Gasteiger partial charge in [-0.2, -0.15) is 0 Å². The van der Waals surface area contributed by atoms with Crippen molar-refractivity contribution in [1.29, 1.82) is 0 Å². The summed E-state index contributed by atoms with van der Waals surface area (Å²) in [5.74, 6) is -0.692. The largest absolute Gasteiger partial charge is 0.481 e. The van der Waals surface area contributed by atoms with Crippen molar-refractivity contribution in [3.63, 3.8) is 0 Å². The van der Waals surface area contributed by atoms with Gasteiger partial charge in [0.1, 0.15) is 0 Å². The fourth-order valence-electron chi connectivity index (χ4n) is 2.70. The number of carboxylic acids is 1. The van der Waals surface area contributed by atoms with Gasteiger partial charge in [0.2, 0.25) is 0 Å². The lowest BCUT2D eigenvalue weighted by Crippen LogP contribution is -2.58. The number of urea groups is 1. The molecule has 0 aromatic carbocycles. The molecule has 1 aliphatic heterocycles. The number of amides is 2. The molecule has 0 radical (unpaired) electrons. The van der Waals surface area contributed by atoms with Gasteiger partial charge in [-0.05, 0) is 12.8 Å². The highest BCUT2D eigenvalue weighted by Crippen LogP contribution is 2.21. The van der Waals surface area contributed by atoms with Gasteiger partial charge < -0.3 is 21.1 Å². The summed E-state index contributed by atoms with van der Waals surface area (Å²) in [5.41, 5.74) is 5.97. The summed E-state index contributed by atoms with van der Waals surface area (Å²) in [4.78, 5) is 24.0. The van der Waals surface area contributed by atoms with E-state index in [9.17, 15) is 9.59 Å². The minimum Gasteiger partial charge on any atom is -0.481 e. The molecular formula is C12H21N3O3. The summed E-state index contributed by atoms with van der Waals surface area (Å²) in [6, 6.07) is 0.0301. The van der Waals surface area contributed by atoms with Crippen LogP contribution in [0.15, 0.2) is 0 Å². The van der Waals surface area contributed by atoms with Crippen LogP contribution in [-0.4, -0.2) is 47.2 Å². The van der Waals surface area contributed by atoms with Gasteiger partial charge in [0, 0.05) is 31.1 Å². The number of hydrogen-bond acceptors (Lipinski definition) is 3. The maximum atomic E-state index is 11.9. The second-order valence-corrected chi connectivity index (χ2v) is 5.37. The first kappa shape index (κ1) is 13.1. The summed E-state index contributed by atoms with van der Waals surface area (Å²) in [7, 11) is 0. The minimum atomic E-state index is -0.797. The van der Waals surface area contributed by atoms with E-state index in [2.05, 4.69) is 5.32 Å². The number of nitrogens with two attached hydrogens (primary N) is 1. The van der Waals surface area contributed by atoms with Crippen molar-refractivity contribution < 1.29 is 14.7 Å². The SMILES string of the molecule is NC1CCCCC1NC(=O)N1CC(CC(=O)O)C1. The van der Waals surface area contributed by atoms with Crippen molar-refractivity contribution in [3.8, 4) is 0 Å². The van der Waals surface area contributed by atoms with E-state index >= 15 is 0 Å². The number of nitrogens with one attached hydrogen (secondary N) is 1. The van der Waals surface area contributed by atoms with Crippen LogP contribution in [0.3, 0.4) is 0 Å². The first-order chi connectivity index (χ1) is 8.56. The number of carbonyl (C=O) groups excluding carboxylic acids is 1. The molecule has 18 heavy (non-hydrogen) atoms. The third kappa shape index (κ3) is 3.13. The molecule has 4 N–H and O–H groups in total. The molecule has 1 heterocycles. The Labute approximate surface area is 107 Å². The molecule has 0 bridgehead atoms. The topological polar surface area (TPSA) is 95.7 Å². The Morgan fingerprint density at radius 2 is 1.94 bits per heavy atom. The first-order valence-corrected chi connectivity index (χ1v) is 6.59. The molecule has 2 aliphatic rings. The van der Waals surface area contributed by atoms with Crippen LogP contribution in [0, 0.1) is 5.92 Å². The quantitative estimate of drug-likeness (QED) is 0.679. The third-order valence-electron chi connectivity index (χ3n) is 3.84. The van der Waals surface area contributed by atoms with Crippen LogP contribution in [0.4, 0.5) is 4.79 Å². The van der Waals surface area contributed by atoms with Gasteiger partial charge in [-0.1, -0.05) is 12.8 Å². The molecule has 2 unspecified atom stereocenters. The van der Waals surface area contributed by atoms with Gasteiger partial charge in [-0.3, -0.25) is 4.79 Å². The molecule has 1 saturated heterocycles. The Hall–Kier alpha value is -1.30. The zero-order valence-corrected chi connectivity index (χ0v) is 10.5. The van der Waals surface area contributed by atoms with E-state index in [0.717, 1.165) is 25.7 Å². The molecule has 0 aromatic rings. The zero-order chi connectivity index (χ0) is 13.1. The zero-order valence-electron chi connectivity index (χ0n) is 10.5. The van der Waals surface area contributed by atoms with E-state index in [-0.39, 0.29) is 30.5 Å². The molecule has 0 aromatic heterocycles. The molecule has 2 amide bonds. The Morgan fingerprint density at radius 3 is 2.56 bits per heavy atom. The Balaban J connectivity index is 1.71. The van der Waals surface area contributed by atoms with Gasteiger partial charge >= 0.3 is 12.0 Å². The highest BCUT2D eigenvalue weighted by Gasteiger charge is 2.33. The lowest BCUT2D eigenvalue weighted by atomic mass is 9.91. The standard InChI is InChI=1S/C12H21N3O3/c13-9-3-1-2-4-10(9)14-12(18)15-6-8(7-15)5-11(16)17/h8-10H,1-7,13H2,(H,14,18)(H,16,17). The molecule has 2 fully saturated rings. The second kappa shape index (κ2) is 5.56. The van der Waals surface area contributed by atoms with Gasteiger partial charge in [-0.25, -0.2) is 4.79 Å². The van der Waals surface area contributed by atoms with E-state index in [4.69, 9.17) is 10.8 Å². The van der Waals surface area contributed by atoms with Crippen molar-refractivity contribution in [1.82, 2.24) is 10.2 Å². The second-order valence-electron chi connectivity index (χ2n) is 5.37. The van der Waals surface area contributed by atoms with Gasteiger partial charge in [-0.15, -0.1) is 0 Å². The number of likely N-dealkylation sites (tertiary alicyclic amines) is 1. The van der Waals surface area contributed by atoms with Crippen LogP contribution in [0.1, 0.15) is 32.1 Å². The van der Waals surface area contributed by atoms with Crippen LogP contribution < -0.4 is 11.1 Å². The Morgan fingerprint density at radius 1 is 1.28 bits per heavy atom. The fraction of sp³-hybridized carbons (Fsp3) is 0.833. The summed E-state index contributed by atoms with van der Waals surface area (Å²) < 4.78 is 0. The van der Waals surface area contributed by atoms with Crippen LogP contribution in [0.5, 0.6) is 0 Å². The molecule has 2 atom stereocenters. The summed E-state index contributed by atoms with van der Waals surface area (Å²) in [5, 5.41) is 11.6. The van der Waals surface area contributed by atoms with Crippen molar-refractivity contribution in [2.45, 2.75) is 44.2 Å². The first-order valence-electron chi connectivity index (χ1n) is 6.59. The van der Waals surface area contributed by atoms with Crippen molar-refractivity contribution in [3.05, 3.63) is 0 Å². The van der Waals surface area contributed by atoms with Gasteiger partial charge in [0.25, 0.3) is 0 Å². The maximum Gasteiger partial charge on any atom is 0.317 e. The number of carbonyl (C=O) groups is 2. The van der Waals surface area contributed by atoms with Crippen molar-refractivity contribution in [2.24, 2.45) is 11.7 Å². The van der Waals surface area contributed by atoms with Gasteiger partial charge in [0.05, 0.1) is 6.42 Å². The van der Waals surface area contributed by atoms with Gasteiger partial charge in [0.15, 0.2) is 0 Å². The van der Waals surface area contributed by atoms with Crippen LogP contribution in [0.25, 0.3) is 0 Å². The van der Waals surface area contributed by atoms with E-state index in [1.807, 2.05) is 0 Å². The van der Waals surface area contributed by atoms with Crippen LogP contribution >= 0.6 is 0 Å². The molecule has 0 spiro atoms. The molecule has 2 rings (SSSR count). The monoisotopic (exact) mass is 255 g/mol. The highest BCUT2D eigenvalue weighted by molar-refractivity contribution is 5.76. The molecule has 1 aliphatic carbocycles. The maximum absolute atomic E-state index is 11.9. The molecule has 102 valence electrons. The number of carboxylic acid groups (broad SMARTS) is 1. The molecule has 6 nitrogen and oxygen atoms in total. The normalized spacial score (nSPS) is 28.6. The van der Waals surface area contributed by atoms with Crippen LogP contribution in [0.2, 0.25) is 0 Å². The number of hydrogen-bond donors (Lipinski definition) is 3. The summed E-state index contributed by atoms with van der Waals surface area (Å²) in [6.45, 7) is 1.08. The Kier molecular flexibility index (Phi) is 4.06. The lowest BCUT2D eigenvalue weighted by Gasteiger charge is -2.40. The van der Waals surface area contributed by atoms with E-state index in [0.29, 0.717) is 13.1 Å². The third-order valence-corrected chi connectivity index (χ3v) is 3.84. The smallest absolute Gasteiger partial charge is 0.317 e. The highest BCUT2D eigenvalue weighted by atomic mass is 16.4. The van der Waals surface area contributed by atoms with Crippen molar-refractivity contribution >= 4 is 12.0 Å². The molecule has 1 saturated carbocycles. The fourth-order valence-corrected chi connectivity index (χ4v) is 2.70. The lowest BCUT2D eigenvalue weighted by molar-refractivity contribution is -0.139. The minimum absolute atomic E-state index is 0.0544. The molecular weight excluding hydrogens is 234 g/mol. The number of nitrogens with zero attached hydrogens (tertiary/aromatic N) is 1. The van der Waals surface area contributed by atoms with E-state index < -0.39 is 5.97 Å². The van der Waals surface area contributed by atoms with E-state index in [1.54, 1.807) is 4.90 Å².